The van der Waals surface area contributed by atoms with Crippen LogP contribution in [0.25, 0.3) is 0 Å². The van der Waals surface area contributed by atoms with Crippen molar-refractivity contribution in [1.82, 2.24) is 9.80 Å². The van der Waals surface area contributed by atoms with E-state index in [0.717, 1.165) is 26.2 Å². The third-order valence-corrected chi connectivity index (χ3v) is 5.00. The van der Waals surface area contributed by atoms with Crippen LogP contribution in [-0.2, 0) is 0 Å². The fourth-order valence-corrected chi connectivity index (χ4v) is 2.62. The molecular weight excluding hydrogens is 276 g/mol. The Morgan fingerprint density at radius 2 is 0.818 bits per heavy atom. The Kier molecular flexibility index (Phi) is 15.8. The highest BCUT2D eigenvalue weighted by molar-refractivity contribution is 4.70. The lowest BCUT2D eigenvalue weighted by Gasteiger charge is -2.30. The lowest BCUT2D eigenvalue weighted by atomic mass is 10.0. The maximum atomic E-state index is 8.92. The zero-order valence-electron chi connectivity index (χ0n) is 16.3. The first kappa shape index (κ1) is 24.1. The van der Waals surface area contributed by atoms with Crippen LogP contribution < -0.4 is 0 Å². The van der Waals surface area contributed by atoms with Gasteiger partial charge < -0.3 is 20.0 Å². The Hall–Kier alpha value is -0.160. The van der Waals surface area contributed by atoms with Gasteiger partial charge in [-0.25, -0.2) is 0 Å². The zero-order chi connectivity index (χ0) is 17.7. The standard InChI is InChI=1S/2C9H21NO/c2*1-5-10(6-2)9(4)8(3)7-11/h2*8-9,11H,5-7H2,1-4H3. The molecule has 0 bridgehead atoms. The zero-order valence-corrected chi connectivity index (χ0v) is 16.3. The molecule has 4 atom stereocenters. The fourth-order valence-electron chi connectivity index (χ4n) is 2.62. The van der Waals surface area contributed by atoms with Gasteiger partial charge in [-0.1, -0.05) is 41.5 Å². The van der Waals surface area contributed by atoms with Gasteiger partial charge in [0.15, 0.2) is 0 Å². The average Bonchev–Trinajstić information content (AvgIpc) is 2.55. The molecule has 0 aromatic carbocycles. The van der Waals surface area contributed by atoms with Crippen LogP contribution in [0.5, 0.6) is 0 Å². The summed E-state index contributed by atoms with van der Waals surface area (Å²) in [6, 6.07) is 0.991. The topological polar surface area (TPSA) is 46.9 Å². The maximum absolute atomic E-state index is 8.92. The molecule has 4 heteroatoms. The van der Waals surface area contributed by atoms with E-state index >= 15 is 0 Å². The van der Waals surface area contributed by atoms with Gasteiger partial charge in [0.25, 0.3) is 0 Å². The largest absolute Gasteiger partial charge is 0.396 e. The van der Waals surface area contributed by atoms with Gasteiger partial charge in [0.1, 0.15) is 0 Å². The predicted octanol–water partition coefficient (Wildman–Crippen LogP) is 2.69. The second kappa shape index (κ2) is 14.4. The Bertz CT molecular complexity index is 207. The second-order valence-corrected chi connectivity index (χ2v) is 6.24. The summed E-state index contributed by atoms with van der Waals surface area (Å²) in [5, 5.41) is 17.8. The Morgan fingerprint density at radius 3 is 0.955 bits per heavy atom. The lowest BCUT2D eigenvalue weighted by molar-refractivity contribution is 0.126. The summed E-state index contributed by atoms with van der Waals surface area (Å²) in [5.74, 6) is 0.768. The maximum Gasteiger partial charge on any atom is 0.0471 e. The monoisotopic (exact) mass is 318 g/mol. The van der Waals surface area contributed by atoms with E-state index in [9.17, 15) is 0 Å². The van der Waals surface area contributed by atoms with Crippen LogP contribution in [0.15, 0.2) is 0 Å². The lowest BCUT2D eigenvalue weighted by Crippen LogP contribution is -2.38. The first-order valence-electron chi connectivity index (χ1n) is 9.03. The van der Waals surface area contributed by atoms with Gasteiger partial charge in [-0.15, -0.1) is 0 Å². The van der Waals surface area contributed by atoms with Crippen LogP contribution in [0, 0.1) is 11.8 Å². The van der Waals surface area contributed by atoms with E-state index < -0.39 is 0 Å². The van der Waals surface area contributed by atoms with E-state index in [2.05, 4.69) is 65.2 Å². The van der Waals surface area contributed by atoms with Crippen molar-refractivity contribution in [3.63, 3.8) is 0 Å². The van der Waals surface area contributed by atoms with E-state index in [1.165, 1.54) is 0 Å². The number of nitrogens with zero attached hydrogens (tertiary/aromatic N) is 2. The molecule has 0 spiro atoms. The second-order valence-electron chi connectivity index (χ2n) is 6.24. The summed E-state index contributed by atoms with van der Waals surface area (Å²) < 4.78 is 0. The molecule has 2 N–H and O–H groups in total. The molecule has 0 aliphatic heterocycles. The Labute approximate surface area is 139 Å². The first-order chi connectivity index (χ1) is 10.3. The van der Waals surface area contributed by atoms with Gasteiger partial charge in [0, 0.05) is 25.3 Å². The molecule has 0 radical (unpaired) electrons. The van der Waals surface area contributed by atoms with Crippen molar-refractivity contribution < 1.29 is 10.2 Å². The minimum absolute atomic E-state index is 0.289. The molecule has 0 fully saturated rings. The van der Waals surface area contributed by atoms with Gasteiger partial charge in [0.2, 0.25) is 0 Å². The van der Waals surface area contributed by atoms with Gasteiger partial charge in [-0.05, 0) is 51.9 Å². The van der Waals surface area contributed by atoms with E-state index in [1.807, 2.05) is 0 Å². The number of aliphatic hydroxyl groups is 2. The molecule has 0 aromatic heterocycles. The third-order valence-electron chi connectivity index (χ3n) is 5.00. The van der Waals surface area contributed by atoms with Gasteiger partial charge in [-0.2, -0.15) is 0 Å². The first-order valence-corrected chi connectivity index (χ1v) is 9.03. The summed E-state index contributed by atoms with van der Waals surface area (Å²) in [4.78, 5) is 4.72. The molecule has 0 heterocycles. The highest BCUT2D eigenvalue weighted by Crippen LogP contribution is 2.09. The minimum Gasteiger partial charge on any atom is -0.396 e. The molecule has 0 amide bonds. The van der Waals surface area contributed by atoms with Gasteiger partial charge in [-0.3, -0.25) is 0 Å². The summed E-state index contributed by atoms with van der Waals surface area (Å²) in [7, 11) is 0. The van der Waals surface area contributed by atoms with E-state index in [0.29, 0.717) is 23.9 Å². The summed E-state index contributed by atoms with van der Waals surface area (Å²) in [6.45, 7) is 22.0. The number of hydrogen-bond acceptors (Lipinski definition) is 4. The van der Waals surface area contributed by atoms with Crippen LogP contribution in [0.2, 0.25) is 0 Å². The van der Waals surface area contributed by atoms with E-state index in [4.69, 9.17) is 10.2 Å². The van der Waals surface area contributed by atoms with E-state index in [1.54, 1.807) is 0 Å². The van der Waals surface area contributed by atoms with Gasteiger partial charge >= 0.3 is 0 Å². The molecule has 136 valence electrons. The summed E-state index contributed by atoms with van der Waals surface area (Å²) >= 11 is 0. The minimum atomic E-state index is 0.289. The third kappa shape index (κ3) is 9.09. The molecule has 0 saturated carbocycles. The van der Waals surface area contributed by atoms with Crippen LogP contribution >= 0.6 is 0 Å². The van der Waals surface area contributed by atoms with Crippen molar-refractivity contribution in [2.45, 2.75) is 67.5 Å². The molecule has 4 nitrogen and oxygen atoms in total. The Balaban J connectivity index is 0. The smallest absolute Gasteiger partial charge is 0.0471 e. The van der Waals surface area contributed by atoms with Crippen LogP contribution in [0.1, 0.15) is 55.4 Å². The molecule has 22 heavy (non-hydrogen) atoms. The van der Waals surface area contributed by atoms with Crippen molar-refractivity contribution in [1.29, 1.82) is 0 Å². The number of rotatable bonds is 10. The SMILES string of the molecule is CCN(CC)C(C)C(C)CO.CCN(CC)C(C)C(C)CO. The summed E-state index contributed by atoms with van der Waals surface area (Å²) in [6.07, 6.45) is 0. The molecule has 4 unspecified atom stereocenters. The highest BCUT2D eigenvalue weighted by Gasteiger charge is 2.16. The Morgan fingerprint density at radius 1 is 0.591 bits per heavy atom. The molecule has 0 saturated heterocycles. The summed E-state index contributed by atoms with van der Waals surface area (Å²) in [5.41, 5.74) is 0. The van der Waals surface area contributed by atoms with Crippen LogP contribution in [-0.4, -0.2) is 71.5 Å². The van der Waals surface area contributed by atoms with Gasteiger partial charge in [0.05, 0.1) is 0 Å². The molecular formula is C18H42N2O2. The van der Waals surface area contributed by atoms with Crippen molar-refractivity contribution in [3.05, 3.63) is 0 Å². The average molecular weight is 319 g/mol. The highest BCUT2D eigenvalue weighted by atomic mass is 16.3. The molecule has 0 aliphatic rings. The van der Waals surface area contributed by atoms with Crippen molar-refractivity contribution >= 4 is 0 Å². The fraction of sp³-hybridized carbons (Fsp3) is 1.00. The van der Waals surface area contributed by atoms with Crippen molar-refractivity contribution in [3.8, 4) is 0 Å². The van der Waals surface area contributed by atoms with Crippen LogP contribution in [0.3, 0.4) is 0 Å². The molecule has 0 rings (SSSR count). The molecule has 0 aliphatic carbocycles. The van der Waals surface area contributed by atoms with Crippen molar-refractivity contribution in [2.24, 2.45) is 11.8 Å². The number of aliphatic hydroxyl groups excluding tert-OH is 2. The molecule has 0 aromatic rings. The predicted molar refractivity (Wildman–Crippen MR) is 97.3 cm³/mol. The van der Waals surface area contributed by atoms with Crippen LogP contribution in [0.4, 0.5) is 0 Å². The van der Waals surface area contributed by atoms with Crippen molar-refractivity contribution in [2.75, 3.05) is 39.4 Å². The van der Waals surface area contributed by atoms with E-state index in [-0.39, 0.29) is 13.2 Å². The normalized spacial score (nSPS) is 16.9. The quantitative estimate of drug-likeness (QED) is 0.650. The number of hydrogen-bond donors (Lipinski definition) is 2.